The zero-order valence-electron chi connectivity index (χ0n) is 18.5. The molecule has 0 heterocycles. The second-order valence-corrected chi connectivity index (χ2v) is 10.0. The first-order chi connectivity index (χ1) is 15.4. The van der Waals surface area contributed by atoms with Gasteiger partial charge < -0.3 is 9.84 Å². The molecule has 0 unspecified atom stereocenters. The Morgan fingerprint density at radius 3 is 2.30 bits per heavy atom. The lowest BCUT2D eigenvalue weighted by Gasteiger charge is -2.16. The first-order valence-corrected chi connectivity index (χ1v) is 12.2. The number of hydrogen-bond acceptors (Lipinski definition) is 4. The smallest absolute Gasteiger partial charge is 0.416 e. The van der Waals surface area contributed by atoms with Gasteiger partial charge in [-0.3, -0.25) is 4.72 Å². The largest absolute Gasteiger partial charge is 0.487 e. The Morgan fingerprint density at radius 2 is 1.73 bits per heavy atom. The summed E-state index contributed by atoms with van der Waals surface area (Å²) < 4.78 is 72.3. The fraction of sp³-hybridized carbons (Fsp3) is 0.435. The molecule has 0 bridgehead atoms. The molecule has 2 N–H and O–H groups in total. The molecule has 6 nitrogen and oxygen atoms in total. The van der Waals surface area contributed by atoms with E-state index in [4.69, 9.17) is 9.84 Å². The molecule has 0 aliphatic heterocycles. The summed E-state index contributed by atoms with van der Waals surface area (Å²) in [5.74, 6) is -0.994. The van der Waals surface area contributed by atoms with Crippen LogP contribution in [-0.4, -0.2) is 25.2 Å². The van der Waals surface area contributed by atoms with E-state index in [0.717, 1.165) is 37.5 Å². The van der Waals surface area contributed by atoms with Gasteiger partial charge in [0.05, 0.1) is 22.6 Å². The molecule has 0 amide bonds. The third-order valence-electron chi connectivity index (χ3n) is 4.86. The quantitative estimate of drug-likeness (QED) is 0.362. The number of unbranched alkanes of at least 4 members (excludes halogenated alkanes) is 2. The summed E-state index contributed by atoms with van der Waals surface area (Å²) >= 11 is 0. The third kappa shape index (κ3) is 8.95. The van der Waals surface area contributed by atoms with Crippen molar-refractivity contribution in [3.63, 3.8) is 0 Å². The third-order valence-corrected chi connectivity index (χ3v) is 6.22. The minimum Gasteiger partial charge on any atom is -0.487 e. The number of halogens is 3. The molecule has 182 valence electrons. The molecule has 2 aromatic rings. The van der Waals surface area contributed by atoms with E-state index in [1.54, 1.807) is 0 Å². The molecule has 0 saturated heterocycles. The Balaban J connectivity index is 2.14. The predicted molar refractivity (Wildman–Crippen MR) is 120 cm³/mol. The normalized spacial score (nSPS) is 12.1. The maximum absolute atomic E-state index is 13.2. The van der Waals surface area contributed by atoms with Crippen LogP contribution in [0.25, 0.3) is 0 Å². The van der Waals surface area contributed by atoms with Crippen LogP contribution >= 0.6 is 0 Å². The van der Waals surface area contributed by atoms with Gasteiger partial charge in [-0.05, 0) is 48.2 Å². The second kappa shape index (κ2) is 11.4. The van der Waals surface area contributed by atoms with E-state index >= 15 is 0 Å². The maximum Gasteiger partial charge on any atom is 0.416 e. The van der Waals surface area contributed by atoms with Crippen molar-refractivity contribution in [2.24, 2.45) is 5.92 Å². The van der Waals surface area contributed by atoms with Crippen molar-refractivity contribution in [2.45, 2.75) is 52.3 Å². The van der Waals surface area contributed by atoms with E-state index in [-0.39, 0.29) is 29.4 Å². The van der Waals surface area contributed by atoms with Gasteiger partial charge in [-0.15, -0.1) is 0 Å². The number of rotatable bonds is 12. The van der Waals surface area contributed by atoms with Crippen LogP contribution in [0, 0.1) is 5.92 Å². The van der Waals surface area contributed by atoms with Gasteiger partial charge in [0.1, 0.15) is 12.4 Å². The molecule has 0 aliphatic rings. The summed E-state index contributed by atoms with van der Waals surface area (Å²) in [4.78, 5) is 10.9. The maximum atomic E-state index is 13.2. The molecule has 33 heavy (non-hydrogen) atoms. The molecule has 0 radical (unpaired) electrons. The van der Waals surface area contributed by atoms with Crippen LogP contribution in [0.2, 0.25) is 0 Å². The fourth-order valence-electron chi connectivity index (χ4n) is 3.05. The number of carboxylic acids is 1. The summed E-state index contributed by atoms with van der Waals surface area (Å²) in [6.07, 6.45) is -1.55. The Bertz CT molecular complexity index is 1040. The van der Waals surface area contributed by atoms with E-state index in [0.29, 0.717) is 17.9 Å². The van der Waals surface area contributed by atoms with E-state index in [1.807, 2.05) is 0 Å². The monoisotopic (exact) mass is 487 g/mol. The zero-order valence-corrected chi connectivity index (χ0v) is 19.3. The number of carbonyl (C=O) groups is 1. The molecular weight excluding hydrogens is 459 g/mol. The van der Waals surface area contributed by atoms with Gasteiger partial charge in [-0.25, -0.2) is 13.2 Å². The molecule has 0 atom stereocenters. The van der Waals surface area contributed by atoms with Gasteiger partial charge in [0.25, 0.3) is 0 Å². The predicted octanol–water partition coefficient (Wildman–Crippen LogP) is 5.94. The highest BCUT2D eigenvalue weighted by Crippen LogP contribution is 2.36. The summed E-state index contributed by atoms with van der Waals surface area (Å²) in [5, 5.41) is 8.95. The van der Waals surface area contributed by atoms with Crippen molar-refractivity contribution < 1.29 is 36.2 Å². The number of carboxylic acid groups (broad SMARTS) is 1. The highest BCUT2D eigenvalue weighted by atomic mass is 32.2. The van der Waals surface area contributed by atoms with Crippen LogP contribution in [0.5, 0.6) is 5.75 Å². The molecule has 2 rings (SSSR count). The first-order valence-electron chi connectivity index (χ1n) is 10.5. The number of hydrogen-bond donors (Lipinski definition) is 2. The van der Waals surface area contributed by atoms with E-state index < -0.39 is 27.7 Å². The molecule has 0 aromatic heterocycles. The van der Waals surface area contributed by atoms with Crippen molar-refractivity contribution in [1.29, 1.82) is 0 Å². The molecule has 0 spiro atoms. The molecule has 10 heteroatoms. The topological polar surface area (TPSA) is 92.7 Å². The highest BCUT2D eigenvalue weighted by Gasteiger charge is 2.31. The Hall–Kier alpha value is -2.75. The number of ether oxygens (including phenoxy) is 1. The summed E-state index contributed by atoms with van der Waals surface area (Å²) in [6.45, 7) is 4.00. The molecule has 0 fully saturated rings. The Kier molecular flexibility index (Phi) is 9.16. The lowest BCUT2D eigenvalue weighted by atomic mass is 10.1. The van der Waals surface area contributed by atoms with Crippen LogP contribution in [0.4, 0.5) is 18.9 Å². The average Bonchev–Trinajstić information content (AvgIpc) is 2.71. The minimum absolute atomic E-state index is 0.0552. The number of alkyl halides is 3. The standard InChI is InChI=1S/C23H28F3NO5S/c1-16(2)6-4-3-5-13-33(30,31)27-20-12-11-19(23(24,25)26)14-21(20)32-15-17-7-9-18(10-8-17)22(28)29/h7-12,14,16,27H,3-6,13,15H2,1-2H3,(H,28,29). The number of aromatic carboxylic acids is 1. The lowest BCUT2D eigenvalue weighted by molar-refractivity contribution is -0.137. The van der Waals surface area contributed by atoms with Crippen molar-refractivity contribution in [3.05, 3.63) is 59.2 Å². The first kappa shape index (κ1) is 26.5. The van der Waals surface area contributed by atoms with Crippen LogP contribution in [0.3, 0.4) is 0 Å². The van der Waals surface area contributed by atoms with Crippen molar-refractivity contribution in [2.75, 3.05) is 10.5 Å². The Morgan fingerprint density at radius 1 is 1.06 bits per heavy atom. The van der Waals surface area contributed by atoms with E-state index in [2.05, 4.69) is 18.6 Å². The minimum atomic E-state index is -4.63. The average molecular weight is 488 g/mol. The number of benzene rings is 2. The van der Waals surface area contributed by atoms with Gasteiger partial charge in [0.2, 0.25) is 10.0 Å². The van der Waals surface area contributed by atoms with Crippen LogP contribution in [-0.2, 0) is 22.8 Å². The van der Waals surface area contributed by atoms with Gasteiger partial charge in [-0.1, -0.05) is 45.2 Å². The van der Waals surface area contributed by atoms with Crippen molar-refractivity contribution in [1.82, 2.24) is 0 Å². The summed E-state index contributed by atoms with van der Waals surface area (Å²) in [5.41, 5.74) is -0.501. The molecule has 0 aliphatic carbocycles. The summed E-state index contributed by atoms with van der Waals surface area (Å²) in [7, 11) is -3.78. The van der Waals surface area contributed by atoms with Crippen LogP contribution in [0.15, 0.2) is 42.5 Å². The Labute approximate surface area is 191 Å². The second-order valence-electron chi connectivity index (χ2n) is 8.16. The fourth-order valence-corrected chi connectivity index (χ4v) is 4.24. The van der Waals surface area contributed by atoms with E-state index in [1.165, 1.54) is 24.3 Å². The van der Waals surface area contributed by atoms with Gasteiger partial charge in [0, 0.05) is 0 Å². The summed E-state index contributed by atoms with van der Waals surface area (Å²) in [6, 6.07) is 8.19. The zero-order chi connectivity index (χ0) is 24.6. The van der Waals surface area contributed by atoms with Crippen molar-refractivity contribution in [3.8, 4) is 5.75 Å². The van der Waals surface area contributed by atoms with E-state index in [9.17, 15) is 26.4 Å². The molecule has 0 saturated carbocycles. The SMILES string of the molecule is CC(C)CCCCCS(=O)(=O)Nc1ccc(C(F)(F)F)cc1OCc1ccc(C(=O)O)cc1. The molecule has 2 aromatic carbocycles. The number of nitrogens with one attached hydrogen (secondary N) is 1. The van der Waals surface area contributed by atoms with Crippen molar-refractivity contribution >= 4 is 21.7 Å². The van der Waals surface area contributed by atoms with Gasteiger partial charge in [0.15, 0.2) is 0 Å². The van der Waals surface area contributed by atoms with Crippen LogP contribution < -0.4 is 9.46 Å². The van der Waals surface area contributed by atoms with Crippen LogP contribution in [0.1, 0.15) is 61.0 Å². The van der Waals surface area contributed by atoms with Gasteiger partial charge >= 0.3 is 12.1 Å². The molecular formula is C23H28F3NO5S. The highest BCUT2D eigenvalue weighted by molar-refractivity contribution is 7.92. The van der Waals surface area contributed by atoms with Gasteiger partial charge in [-0.2, -0.15) is 13.2 Å². The number of anilines is 1. The number of sulfonamides is 1. The lowest BCUT2D eigenvalue weighted by Crippen LogP contribution is -2.18.